The normalized spacial score (nSPS) is 12.1. The Labute approximate surface area is 158 Å². The van der Waals surface area contributed by atoms with Gasteiger partial charge < -0.3 is 0 Å². The van der Waals surface area contributed by atoms with Crippen molar-refractivity contribution in [2.24, 2.45) is 0 Å². The van der Waals surface area contributed by atoms with Crippen LogP contribution in [0.15, 0.2) is 52.3 Å². The summed E-state index contributed by atoms with van der Waals surface area (Å²) in [4.78, 5) is 18.5. The highest BCUT2D eigenvalue weighted by Gasteiger charge is 2.37. The lowest BCUT2D eigenvalue weighted by molar-refractivity contribution is -0.387. The second kappa shape index (κ2) is 7.19. The number of para-hydroxylation sites is 1. The van der Waals surface area contributed by atoms with E-state index < -0.39 is 51.1 Å². The summed E-state index contributed by atoms with van der Waals surface area (Å²) in [6.07, 6.45) is 0. The SMILES string of the molecule is CN(S(=O)(=O)c1ccc(Cl)c([N+](=O)[O-])c1)S(=O)(=O)c1ccccc1[N+](=O)[O-]. The van der Waals surface area contributed by atoms with Crippen molar-refractivity contribution in [2.75, 3.05) is 7.05 Å². The predicted octanol–water partition coefficient (Wildman–Crippen LogP) is 2.17. The molecule has 2 aromatic carbocycles. The lowest BCUT2D eigenvalue weighted by Gasteiger charge is -2.17. The molecule has 0 aliphatic carbocycles. The summed E-state index contributed by atoms with van der Waals surface area (Å²) in [7, 11) is -8.99. The smallest absolute Gasteiger partial charge is 0.258 e. The van der Waals surface area contributed by atoms with E-state index in [1.54, 1.807) is 0 Å². The molecule has 0 aromatic heterocycles. The molecule has 0 unspecified atom stereocenters. The Morgan fingerprint density at radius 1 is 0.889 bits per heavy atom. The van der Waals surface area contributed by atoms with Crippen LogP contribution in [0.5, 0.6) is 0 Å². The zero-order chi connectivity index (χ0) is 20.6. The molecule has 0 aliphatic rings. The number of sulfonamides is 2. The Kier molecular flexibility index (Phi) is 5.51. The fourth-order valence-corrected chi connectivity index (χ4v) is 5.49. The van der Waals surface area contributed by atoms with E-state index in [4.69, 9.17) is 11.6 Å². The van der Waals surface area contributed by atoms with Crippen LogP contribution in [0.1, 0.15) is 0 Å². The monoisotopic (exact) mass is 435 g/mol. The molecule has 14 heteroatoms. The van der Waals surface area contributed by atoms with Gasteiger partial charge in [-0.3, -0.25) is 20.2 Å². The topological polar surface area (TPSA) is 158 Å². The Morgan fingerprint density at radius 3 is 2.00 bits per heavy atom. The van der Waals surface area contributed by atoms with Crippen LogP contribution >= 0.6 is 11.6 Å². The zero-order valence-corrected chi connectivity index (χ0v) is 15.7. The van der Waals surface area contributed by atoms with Gasteiger partial charge in [-0.25, -0.2) is 16.8 Å². The van der Waals surface area contributed by atoms with Crippen LogP contribution in [0.3, 0.4) is 0 Å². The fourth-order valence-electron chi connectivity index (χ4n) is 2.04. The molecule has 0 spiro atoms. The van der Waals surface area contributed by atoms with Gasteiger partial charge in [-0.05, 0) is 18.2 Å². The average molecular weight is 436 g/mol. The molecule has 11 nitrogen and oxygen atoms in total. The van der Waals surface area contributed by atoms with Gasteiger partial charge >= 0.3 is 0 Å². The highest BCUT2D eigenvalue weighted by molar-refractivity contribution is 8.04. The second-order valence-electron chi connectivity index (χ2n) is 4.98. The number of nitro groups is 2. The highest BCUT2D eigenvalue weighted by Crippen LogP contribution is 2.32. The summed E-state index contributed by atoms with van der Waals surface area (Å²) in [6.45, 7) is 0. The quantitative estimate of drug-likeness (QED) is 0.493. The third kappa shape index (κ3) is 3.75. The van der Waals surface area contributed by atoms with E-state index in [1.165, 1.54) is 12.1 Å². The maximum atomic E-state index is 12.6. The van der Waals surface area contributed by atoms with Crippen molar-refractivity contribution in [1.29, 1.82) is 0 Å². The summed E-state index contributed by atoms with van der Waals surface area (Å²) in [5, 5.41) is 21.6. The number of hydrogen-bond acceptors (Lipinski definition) is 8. The summed E-state index contributed by atoms with van der Waals surface area (Å²) >= 11 is 5.62. The number of nitrogens with zero attached hydrogens (tertiary/aromatic N) is 3. The molecule has 0 heterocycles. The summed E-state index contributed by atoms with van der Waals surface area (Å²) in [5.74, 6) is 0. The van der Waals surface area contributed by atoms with Crippen LogP contribution in [0.2, 0.25) is 5.02 Å². The summed E-state index contributed by atoms with van der Waals surface area (Å²) < 4.78 is 50.5. The first-order valence-electron chi connectivity index (χ1n) is 6.82. The van der Waals surface area contributed by atoms with Gasteiger partial charge in [0.15, 0.2) is 4.90 Å². The molecular formula is C13H10ClN3O8S2. The van der Waals surface area contributed by atoms with E-state index >= 15 is 0 Å². The van der Waals surface area contributed by atoms with Crippen LogP contribution in [0.4, 0.5) is 11.4 Å². The molecule has 0 bridgehead atoms. The highest BCUT2D eigenvalue weighted by atomic mass is 35.5. The van der Waals surface area contributed by atoms with Crippen molar-refractivity contribution in [3.8, 4) is 0 Å². The molecule has 0 amide bonds. The molecule has 0 saturated carbocycles. The molecule has 0 radical (unpaired) electrons. The Balaban J connectivity index is 2.63. The van der Waals surface area contributed by atoms with E-state index in [-0.39, 0.29) is 8.73 Å². The zero-order valence-electron chi connectivity index (χ0n) is 13.3. The Morgan fingerprint density at radius 2 is 1.44 bits per heavy atom. The van der Waals surface area contributed by atoms with E-state index in [9.17, 15) is 37.1 Å². The van der Waals surface area contributed by atoms with Crippen LogP contribution in [-0.2, 0) is 20.0 Å². The minimum atomic E-state index is -4.86. The number of benzene rings is 2. The van der Waals surface area contributed by atoms with E-state index in [1.807, 2.05) is 0 Å². The van der Waals surface area contributed by atoms with E-state index in [2.05, 4.69) is 0 Å². The van der Waals surface area contributed by atoms with Gasteiger partial charge in [-0.1, -0.05) is 27.4 Å². The maximum Gasteiger partial charge on any atom is 0.289 e. The van der Waals surface area contributed by atoms with Crippen LogP contribution in [0.25, 0.3) is 0 Å². The predicted molar refractivity (Wildman–Crippen MR) is 93.3 cm³/mol. The van der Waals surface area contributed by atoms with Crippen LogP contribution in [0, 0.1) is 20.2 Å². The van der Waals surface area contributed by atoms with Crippen molar-refractivity contribution in [1.82, 2.24) is 3.71 Å². The first-order valence-corrected chi connectivity index (χ1v) is 10.1. The van der Waals surface area contributed by atoms with Crippen molar-refractivity contribution >= 4 is 43.0 Å². The van der Waals surface area contributed by atoms with Gasteiger partial charge in [0.2, 0.25) is 0 Å². The third-order valence-corrected chi connectivity index (χ3v) is 8.03. The number of halogens is 1. The molecule has 0 saturated heterocycles. The lowest BCUT2D eigenvalue weighted by Crippen LogP contribution is -2.33. The van der Waals surface area contributed by atoms with Gasteiger partial charge in [0.1, 0.15) is 5.02 Å². The molecule has 2 rings (SSSR count). The molecular weight excluding hydrogens is 426 g/mol. The van der Waals surface area contributed by atoms with Crippen molar-refractivity contribution < 1.29 is 26.7 Å². The first kappa shape index (κ1) is 20.7. The standard InChI is InChI=1S/C13H10ClN3O8S2/c1-15(27(24,25)13-5-3-2-4-11(13)16(18)19)26(22,23)9-6-7-10(14)12(8-9)17(20)21/h2-8H,1H3. The molecule has 144 valence electrons. The van der Waals surface area contributed by atoms with E-state index in [0.29, 0.717) is 13.1 Å². The molecule has 0 aliphatic heterocycles. The third-order valence-electron chi connectivity index (χ3n) is 3.43. The minimum Gasteiger partial charge on any atom is -0.258 e. The average Bonchev–Trinajstić information content (AvgIpc) is 2.60. The Bertz CT molecular complexity index is 1150. The largest absolute Gasteiger partial charge is 0.289 e. The number of hydrogen-bond donors (Lipinski definition) is 0. The van der Waals surface area contributed by atoms with Crippen LogP contribution < -0.4 is 0 Å². The second-order valence-corrected chi connectivity index (χ2v) is 9.53. The van der Waals surface area contributed by atoms with Gasteiger partial charge in [0.05, 0.1) is 14.7 Å². The van der Waals surface area contributed by atoms with Gasteiger partial charge in [0, 0.05) is 19.2 Å². The maximum absolute atomic E-state index is 12.6. The van der Waals surface area contributed by atoms with Gasteiger partial charge in [-0.15, -0.1) is 0 Å². The summed E-state index contributed by atoms with van der Waals surface area (Å²) in [5.41, 5.74) is -1.56. The lowest BCUT2D eigenvalue weighted by atomic mass is 10.3. The van der Waals surface area contributed by atoms with Gasteiger partial charge in [-0.2, -0.15) is 0 Å². The van der Waals surface area contributed by atoms with E-state index in [0.717, 1.165) is 24.3 Å². The minimum absolute atomic E-state index is 0.0880. The number of rotatable bonds is 6. The van der Waals surface area contributed by atoms with Gasteiger partial charge in [0.25, 0.3) is 31.4 Å². The van der Waals surface area contributed by atoms with Crippen molar-refractivity contribution in [2.45, 2.75) is 9.79 Å². The Hall–Kier alpha value is -2.61. The molecule has 0 atom stereocenters. The first-order chi connectivity index (χ1) is 12.4. The summed E-state index contributed by atoms with van der Waals surface area (Å²) in [6, 6.07) is 6.60. The molecule has 0 N–H and O–H groups in total. The fraction of sp³-hybridized carbons (Fsp3) is 0.0769. The molecule has 0 fully saturated rings. The molecule has 27 heavy (non-hydrogen) atoms. The van der Waals surface area contributed by atoms with Crippen molar-refractivity contribution in [3.05, 3.63) is 67.7 Å². The molecule has 2 aromatic rings. The van der Waals surface area contributed by atoms with Crippen molar-refractivity contribution in [3.63, 3.8) is 0 Å². The van der Waals surface area contributed by atoms with Crippen LogP contribution in [-0.4, -0.2) is 37.4 Å². The number of nitro benzene ring substituents is 2.